The van der Waals surface area contributed by atoms with Gasteiger partial charge in [0, 0.05) is 18.8 Å². The molecule has 41 heavy (non-hydrogen) atoms. The summed E-state index contributed by atoms with van der Waals surface area (Å²) >= 11 is 12.4. The number of imide groups is 1. The van der Waals surface area contributed by atoms with Gasteiger partial charge in [-0.1, -0.05) is 59.6 Å². The zero-order valence-electron chi connectivity index (χ0n) is 23.1. The first-order valence-corrected chi connectivity index (χ1v) is 15.5. The molecule has 4 N–H and O–H groups in total. The predicted molar refractivity (Wildman–Crippen MR) is 161 cm³/mol. The third-order valence-corrected chi connectivity index (χ3v) is 9.65. The first kappa shape index (κ1) is 30.9. The minimum absolute atomic E-state index is 0.190. The SMILES string of the molecule is Cc1cc(N)nc(C)c1CN1CC(c2ccc(Cl)c(Cl)c2)C[C@H]1C(=O)N(C(=O)[C@H](C)N)S(=O)(=O)Cc1ccccc1. The maximum absolute atomic E-state index is 14.2. The van der Waals surface area contributed by atoms with E-state index in [-0.39, 0.29) is 18.9 Å². The Hall–Kier alpha value is -3.02. The number of nitrogens with zero attached hydrogens (tertiary/aromatic N) is 3. The number of pyridine rings is 1. The van der Waals surface area contributed by atoms with Gasteiger partial charge < -0.3 is 11.5 Å². The molecule has 4 rings (SSSR count). The molecule has 2 amide bonds. The van der Waals surface area contributed by atoms with Gasteiger partial charge in [0.1, 0.15) is 5.82 Å². The highest BCUT2D eigenvalue weighted by molar-refractivity contribution is 7.89. The minimum Gasteiger partial charge on any atom is -0.384 e. The number of carbonyl (C=O) groups is 2. The molecule has 1 fully saturated rings. The lowest BCUT2D eigenvalue weighted by Gasteiger charge is -2.30. The summed E-state index contributed by atoms with van der Waals surface area (Å²) in [5.41, 5.74) is 15.5. The summed E-state index contributed by atoms with van der Waals surface area (Å²) in [5, 5.41) is 0.775. The summed E-state index contributed by atoms with van der Waals surface area (Å²) in [6.45, 7) is 5.78. The van der Waals surface area contributed by atoms with E-state index in [4.69, 9.17) is 34.7 Å². The van der Waals surface area contributed by atoms with E-state index >= 15 is 0 Å². The molecule has 12 heteroatoms. The van der Waals surface area contributed by atoms with Crippen LogP contribution in [0.2, 0.25) is 10.0 Å². The van der Waals surface area contributed by atoms with Crippen LogP contribution in [-0.2, 0) is 31.9 Å². The predicted octanol–water partition coefficient (Wildman–Crippen LogP) is 4.18. The molecule has 0 radical (unpaired) electrons. The molecule has 3 atom stereocenters. The van der Waals surface area contributed by atoms with Gasteiger partial charge in [0.15, 0.2) is 0 Å². The first-order valence-electron chi connectivity index (χ1n) is 13.1. The van der Waals surface area contributed by atoms with Crippen molar-refractivity contribution >= 4 is 50.9 Å². The van der Waals surface area contributed by atoms with Gasteiger partial charge in [-0.2, -0.15) is 4.31 Å². The molecule has 2 aromatic carbocycles. The van der Waals surface area contributed by atoms with Crippen molar-refractivity contribution in [3.63, 3.8) is 0 Å². The Bertz CT molecular complexity index is 1540. The number of aryl methyl sites for hydroxylation is 2. The fourth-order valence-electron chi connectivity index (χ4n) is 5.23. The first-order chi connectivity index (χ1) is 19.3. The summed E-state index contributed by atoms with van der Waals surface area (Å²) in [5.74, 6) is -2.16. The Morgan fingerprint density at radius 2 is 1.78 bits per heavy atom. The molecule has 0 saturated carbocycles. The number of benzene rings is 2. The topological polar surface area (TPSA) is 140 Å². The van der Waals surface area contributed by atoms with Crippen molar-refractivity contribution in [1.82, 2.24) is 14.2 Å². The molecule has 3 aromatic rings. The van der Waals surface area contributed by atoms with Crippen LogP contribution in [0.15, 0.2) is 54.6 Å². The van der Waals surface area contributed by atoms with Crippen molar-refractivity contribution in [1.29, 1.82) is 0 Å². The fourth-order valence-corrected chi connectivity index (χ4v) is 7.11. The van der Waals surface area contributed by atoms with Gasteiger partial charge in [-0.15, -0.1) is 0 Å². The monoisotopic (exact) mass is 617 g/mol. The van der Waals surface area contributed by atoms with Crippen molar-refractivity contribution in [2.45, 2.75) is 57.5 Å². The van der Waals surface area contributed by atoms with Crippen LogP contribution in [0.3, 0.4) is 0 Å². The number of sulfonamides is 1. The lowest BCUT2D eigenvalue weighted by Crippen LogP contribution is -2.54. The average Bonchev–Trinajstić information content (AvgIpc) is 3.32. The van der Waals surface area contributed by atoms with Gasteiger partial charge in [0.2, 0.25) is 10.0 Å². The van der Waals surface area contributed by atoms with Crippen molar-refractivity contribution < 1.29 is 18.0 Å². The Morgan fingerprint density at radius 3 is 2.39 bits per heavy atom. The second-order valence-electron chi connectivity index (χ2n) is 10.5. The van der Waals surface area contributed by atoms with E-state index in [0.717, 1.165) is 16.7 Å². The van der Waals surface area contributed by atoms with Crippen LogP contribution in [-0.4, -0.2) is 53.0 Å². The Kier molecular flexibility index (Phi) is 9.40. The number of rotatable bonds is 8. The number of hydrogen-bond acceptors (Lipinski definition) is 8. The highest BCUT2D eigenvalue weighted by Gasteiger charge is 2.45. The van der Waals surface area contributed by atoms with E-state index in [0.29, 0.717) is 38.0 Å². The Balaban J connectivity index is 1.75. The molecule has 1 saturated heterocycles. The molecule has 0 bridgehead atoms. The number of halogens is 2. The van der Waals surface area contributed by atoms with Crippen molar-refractivity contribution in [3.05, 3.63) is 92.6 Å². The van der Waals surface area contributed by atoms with E-state index in [1.165, 1.54) is 6.92 Å². The molecule has 218 valence electrons. The highest BCUT2D eigenvalue weighted by Crippen LogP contribution is 2.37. The number of amides is 2. The van der Waals surface area contributed by atoms with Gasteiger partial charge >= 0.3 is 0 Å². The summed E-state index contributed by atoms with van der Waals surface area (Å²) in [4.78, 5) is 33.7. The number of nitrogens with two attached hydrogens (primary N) is 2. The summed E-state index contributed by atoms with van der Waals surface area (Å²) < 4.78 is 27.7. The largest absolute Gasteiger partial charge is 0.384 e. The number of likely N-dealkylation sites (tertiary alicyclic amines) is 1. The lowest BCUT2D eigenvalue weighted by atomic mass is 9.96. The number of anilines is 1. The number of hydrogen-bond donors (Lipinski definition) is 2. The maximum Gasteiger partial charge on any atom is 0.260 e. The molecule has 1 aliphatic rings. The van der Waals surface area contributed by atoms with Crippen LogP contribution >= 0.6 is 23.2 Å². The summed E-state index contributed by atoms with van der Waals surface area (Å²) in [7, 11) is -4.41. The molecular weight excluding hydrogens is 585 g/mol. The van der Waals surface area contributed by atoms with Crippen LogP contribution in [0.1, 0.15) is 47.2 Å². The van der Waals surface area contributed by atoms with Crippen molar-refractivity contribution in [2.75, 3.05) is 12.3 Å². The van der Waals surface area contributed by atoms with Crippen LogP contribution < -0.4 is 11.5 Å². The van der Waals surface area contributed by atoms with Gasteiger partial charge in [0.05, 0.1) is 27.9 Å². The second kappa shape index (κ2) is 12.5. The molecule has 1 unspecified atom stereocenters. The van der Waals surface area contributed by atoms with E-state index in [1.807, 2.05) is 24.8 Å². The summed E-state index contributed by atoms with van der Waals surface area (Å²) in [6.07, 6.45) is 0.251. The molecule has 0 spiro atoms. The number of aromatic nitrogens is 1. The fraction of sp³-hybridized carbons (Fsp3) is 0.345. The van der Waals surface area contributed by atoms with Crippen LogP contribution in [0, 0.1) is 13.8 Å². The van der Waals surface area contributed by atoms with E-state index in [2.05, 4.69) is 4.98 Å². The van der Waals surface area contributed by atoms with Crippen molar-refractivity contribution in [3.8, 4) is 0 Å². The Morgan fingerprint density at radius 1 is 1.10 bits per heavy atom. The Labute approximate surface area is 250 Å². The minimum atomic E-state index is -4.41. The van der Waals surface area contributed by atoms with Gasteiger partial charge in [0.25, 0.3) is 11.8 Å². The molecule has 9 nitrogen and oxygen atoms in total. The smallest absolute Gasteiger partial charge is 0.260 e. The van der Waals surface area contributed by atoms with Gasteiger partial charge in [-0.3, -0.25) is 14.5 Å². The van der Waals surface area contributed by atoms with Gasteiger partial charge in [-0.05, 0) is 73.6 Å². The third-order valence-electron chi connectivity index (χ3n) is 7.30. The quantitative estimate of drug-likeness (QED) is 0.384. The second-order valence-corrected chi connectivity index (χ2v) is 13.1. The van der Waals surface area contributed by atoms with Crippen LogP contribution in [0.25, 0.3) is 0 Å². The van der Waals surface area contributed by atoms with Crippen LogP contribution in [0.4, 0.5) is 5.82 Å². The average molecular weight is 619 g/mol. The zero-order chi connectivity index (χ0) is 30.1. The number of nitrogen functional groups attached to an aromatic ring is 1. The third kappa shape index (κ3) is 6.90. The number of carbonyl (C=O) groups excluding carboxylic acids is 2. The maximum atomic E-state index is 14.2. The lowest BCUT2D eigenvalue weighted by molar-refractivity contribution is -0.142. The van der Waals surface area contributed by atoms with Crippen LogP contribution in [0.5, 0.6) is 0 Å². The zero-order valence-corrected chi connectivity index (χ0v) is 25.4. The molecular formula is C29H33Cl2N5O4S. The normalized spacial score (nSPS) is 18.3. The molecule has 2 heterocycles. The summed E-state index contributed by atoms with van der Waals surface area (Å²) in [6, 6.07) is 13.2. The highest BCUT2D eigenvalue weighted by atomic mass is 35.5. The van der Waals surface area contributed by atoms with Crippen molar-refractivity contribution in [2.24, 2.45) is 5.73 Å². The molecule has 0 aliphatic carbocycles. The van der Waals surface area contributed by atoms with E-state index in [1.54, 1.807) is 48.5 Å². The standard InChI is InChI=1S/C29H33Cl2N5O4S/c1-17-11-27(33)34-19(3)23(17)15-35-14-22(21-9-10-24(30)25(31)12-21)13-26(35)29(38)36(28(37)18(2)32)41(39,40)16-20-7-5-4-6-8-20/h4-12,18,22,26H,13-16,32H2,1-3H3,(H2,33,34)/t18-,22?,26-/m0/s1. The van der Waals surface area contributed by atoms with E-state index in [9.17, 15) is 18.0 Å². The van der Waals surface area contributed by atoms with E-state index < -0.39 is 39.7 Å². The van der Waals surface area contributed by atoms with Gasteiger partial charge in [-0.25, -0.2) is 13.4 Å². The molecule has 1 aromatic heterocycles. The molecule has 1 aliphatic heterocycles.